The maximum absolute atomic E-state index is 12.3. The van der Waals surface area contributed by atoms with E-state index in [4.69, 9.17) is 0 Å². The minimum absolute atomic E-state index is 0.205. The Hall–Kier alpha value is -2.44. The molecule has 2 rings (SSSR count). The molecule has 0 unspecified atom stereocenters. The van der Waals surface area contributed by atoms with Crippen LogP contribution in [0.5, 0.6) is 0 Å². The molecule has 0 atom stereocenters. The third-order valence-electron chi connectivity index (χ3n) is 3.03. The van der Waals surface area contributed by atoms with Crippen molar-refractivity contribution in [3.8, 4) is 0 Å². The molecule has 0 radical (unpaired) electrons. The summed E-state index contributed by atoms with van der Waals surface area (Å²) < 4.78 is 3.05. The van der Waals surface area contributed by atoms with E-state index < -0.39 is 0 Å². The lowest BCUT2D eigenvalue weighted by atomic mass is 10.2. The fourth-order valence-corrected chi connectivity index (χ4v) is 2.05. The van der Waals surface area contributed by atoms with Gasteiger partial charge in [0.2, 0.25) is 0 Å². The second-order valence-electron chi connectivity index (χ2n) is 5.53. The summed E-state index contributed by atoms with van der Waals surface area (Å²) in [6.45, 7) is 7.31. The fraction of sp³-hybridized carbons (Fsp3) is 0.467. The number of aryl methyl sites for hydroxylation is 1. The van der Waals surface area contributed by atoms with Crippen molar-refractivity contribution in [2.24, 2.45) is 5.92 Å². The number of nitrogens with zero attached hydrogens (tertiary/aromatic N) is 4. The molecule has 1 amide bonds. The van der Waals surface area contributed by atoms with Crippen LogP contribution in [-0.4, -0.2) is 25.5 Å². The molecule has 0 aliphatic carbocycles. The molecule has 7 nitrogen and oxygen atoms in total. The van der Waals surface area contributed by atoms with Crippen LogP contribution >= 0.6 is 0 Å². The quantitative estimate of drug-likeness (QED) is 0.881. The average Bonchev–Trinajstić information content (AvgIpc) is 2.87. The Morgan fingerprint density at radius 2 is 2.05 bits per heavy atom. The van der Waals surface area contributed by atoms with Crippen LogP contribution in [0.1, 0.15) is 37.7 Å². The Morgan fingerprint density at radius 1 is 1.27 bits per heavy atom. The van der Waals surface area contributed by atoms with Crippen molar-refractivity contribution in [3.63, 3.8) is 0 Å². The number of anilines is 1. The van der Waals surface area contributed by atoms with E-state index in [1.165, 1.54) is 16.8 Å². The van der Waals surface area contributed by atoms with Crippen LogP contribution in [0.15, 0.2) is 29.2 Å². The summed E-state index contributed by atoms with van der Waals surface area (Å²) in [4.78, 5) is 23.9. The maximum atomic E-state index is 12.3. The molecule has 1 N–H and O–H groups in total. The number of aromatic nitrogens is 4. The normalized spacial score (nSPS) is 10.9. The molecule has 0 aliphatic heterocycles. The number of nitrogens with one attached hydrogen (secondary N) is 1. The summed E-state index contributed by atoms with van der Waals surface area (Å²) in [7, 11) is 0. The predicted octanol–water partition coefficient (Wildman–Crippen LogP) is 1.76. The van der Waals surface area contributed by atoms with Gasteiger partial charge in [0.05, 0.1) is 6.20 Å². The molecule has 2 aromatic rings. The highest BCUT2D eigenvalue weighted by molar-refractivity contribution is 6.02. The summed E-state index contributed by atoms with van der Waals surface area (Å²) in [5, 5.41) is 11.1. The standard InChI is InChI=1S/C15H21N5O2/c1-4-9-19-14(21)6-5-12(18-19)15(22)17-13-7-8-16-20(13)10-11(2)3/h5-8,11H,4,9-10H2,1-3H3,(H,17,22). The second-order valence-corrected chi connectivity index (χ2v) is 5.53. The fourth-order valence-electron chi connectivity index (χ4n) is 2.05. The van der Waals surface area contributed by atoms with E-state index in [1.54, 1.807) is 16.9 Å². The van der Waals surface area contributed by atoms with Gasteiger partial charge in [-0.15, -0.1) is 0 Å². The van der Waals surface area contributed by atoms with Crippen molar-refractivity contribution >= 4 is 11.7 Å². The SMILES string of the molecule is CCCn1nc(C(=O)Nc2ccnn2CC(C)C)ccc1=O. The number of amides is 1. The highest BCUT2D eigenvalue weighted by Crippen LogP contribution is 2.10. The molecule has 0 spiro atoms. The topological polar surface area (TPSA) is 81.8 Å². The van der Waals surface area contributed by atoms with E-state index in [2.05, 4.69) is 29.4 Å². The Kier molecular flexibility index (Phi) is 5.08. The summed E-state index contributed by atoms with van der Waals surface area (Å²) in [5.74, 6) is 0.684. The van der Waals surface area contributed by atoms with Gasteiger partial charge in [-0.1, -0.05) is 20.8 Å². The average molecular weight is 303 g/mol. The van der Waals surface area contributed by atoms with Gasteiger partial charge in [-0.3, -0.25) is 9.59 Å². The van der Waals surface area contributed by atoms with Gasteiger partial charge < -0.3 is 5.32 Å². The molecular weight excluding hydrogens is 282 g/mol. The first kappa shape index (κ1) is 15.9. The molecular formula is C15H21N5O2. The number of carbonyl (C=O) groups excluding carboxylic acids is 1. The first-order chi connectivity index (χ1) is 10.5. The van der Waals surface area contributed by atoms with Gasteiger partial charge in [-0.25, -0.2) is 9.36 Å². The zero-order valence-corrected chi connectivity index (χ0v) is 13.1. The third kappa shape index (κ3) is 3.81. The van der Waals surface area contributed by atoms with Crippen LogP contribution in [0.4, 0.5) is 5.82 Å². The monoisotopic (exact) mass is 303 g/mol. The molecule has 2 aromatic heterocycles. The Bertz CT molecular complexity index is 702. The number of rotatable bonds is 6. The first-order valence-electron chi connectivity index (χ1n) is 7.42. The van der Waals surface area contributed by atoms with Crippen LogP contribution in [-0.2, 0) is 13.1 Å². The van der Waals surface area contributed by atoms with Crippen molar-refractivity contribution in [1.82, 2.24) is 19.6 Å². The van der Waals surface area contributed by atoms with Crippen molar-refractivity contribution < 1.29 is 4.79 Å². The minimum atomic E-state index is -0.352. The molecule has 0 fully saturated rings. The summed E-state index contributed by atoms with van der Waals surface area (Å²) >= 11 is 0. The van der Waals surface area contributed by atoms with Crippen LogP contribution < -0.4 is 10.9 Å². The first-order valence-corrected chi connectivity index (χ1v) is 7.42. The van der Waals surface area contributed by atoms with Gasteiger partial charge in [-0.2, -0.15) is 10.2 Å². The Morgan fingerprint density at radius 3 is 2.73 bits per heavy atom. The predicted molar refractivity (Wildman–Crippen MR) is 83.8 cm³/mol. The molecule has 7 heteroatoms. The van der Waals surface area contributed by atoms with E-state index in [0.29, 0.717) is 24.8 Å². The lowest BCUT2D eigenvalue weighted by Crippen LogP contribution is -2.26. The second kappa shape index (κ2) is 7.02. The number of carbonyl (C=O) groups is 1. The van der Waals surface area contributed by atoms with Gasteiger partial charge in [0.15, 0.2) is 0 Å². The zero-order valence-electron chi connectivity index (χ0n) is 13.1. The molecule has 0 bridgehead atoms. The van der Waals surface area contributed by atoms with Crippen molar-refractivity contribution in [2.75, 3.05) is 5.32 Å². The van der Waals surface area contributed by atoms with Gasteiger partial charge in [0.1, 0.15) is 11.5 Å². The zero-order chi connectivity index (χ0) is 16.1. The van der Waals surface area contributed by atoms with Gasteiger partial charge in [-0.05, 0) is 18.4 Å². The van der Waals surface area contributed by atoms with E-state index in [0.717, 1.165) is 6.42 Å². The van der Waals surface area contributed by atoms with Crippen molar-refractivity contribution in [2.45, 2.75) is 40.3 Å². The van der Waals surface area contributed by atoms with Crippen LogP contribution in [0, 0.1) is 5.92 Å². The number of hydrogen-bond acceptors (Lipinski definition) is 4. The molecule has 0 aromatic carbocycles. The van der Waals surface area contributed by atoms with Gasteiger partial charge >= 0.3 is 0 Å². The molecule has 22 heavy (non-hydrogen) atoms. The minimum Gasteiger partial charge on any atom is -0.305 e. The van der Waals surface area contributed by atoms with Crippen LogP contribution in [0.25, 0.3) is 0 Å². The molecule has 0 saturated heterocycles. The third-order valence-corrected chi connectivity index (χ3v) is 3.03. The molecule has 0 saturated carbocycles. The highest BCUT2D eigenvalue weighted by atomic mass is 16.2. The molecule has 2 heterocycles. The Balaban J connectivity index is 2.17. The van der Waals surface area contributed by atoms with E-state index in [-0.39, 0.29) is 17.2 Å². The van der Waals surface area contributed by atoms with E-state index in [1.807, 2.05) is 6.92 Å². The van der Waals surface area contributed by atoms with Crippen molar-refractivity contribution in [1.29, 1.82) is 0 Å². The van der Waals surface area contributed by atoms with Crippen LogP contribution in [0.2, 0.25) is 0 Å². The van der Waals surface area contributed by atoms with E-state index >= 15 is 0 Å². The van der Waals surface area contributed by atoms with Gasteiger partial charge in [0.25, 0.3) is 11.5 Å². The summed E-state index contributed by atoms with van der Waals surface area (Å²) in [5.41, 5.74) is 0.00796. The van der Waals surface area contributed by atoms with Crippen LogP contribution in [0.3, 0.4) is 0 Å². The summed E-state index contributed by atoms with van der Waals surface area (Å²) in [6, 6.07) is 4.54. The summed E-state index contributed by atoms with van der Waals surface area (Å²) in [6.07, 6.45) is 2.42. The lowest BCUT2D eigenvalue weighted by Gasteiger charge is -2.11. The smallest absolute Gasteiger partial charge is 0.277 e. The van der Waals surface area contributed by atoms with E-state index in [9.17, 15) is 9.59 Å². The van der Waals surface area contributed by atoms with Gasteiger partial charge in [0, 0.05) is 25.2 Å². The lowest BCUT2D eigenvalue weighted by molar-refractivity contribution is 0.101. The maximum Gasteiger partial charge on any atom is 0.277 e. The molecule has 0 aliphatic rings. The number of hydrogen-bond donors (Lipinski definition) is 1. The van der Waals surface area contributed by atoms with Crippen molar-refractivity contribution in [3.05, 3.63) is 40.4 Å². The molecule has 118 valence electrons. The largest absolute Gasteiger partial charge is 0.305 e. The Labute approximate surface area is 129 Å². The highest BCUT2D eigenvalue weighted by Gasteiger charge is 2.13.